The fraction of sp³-hybridized carbons (Fsp3) is 1.00. The molecule has 1 heterocycles. The summed E-state index contributed by atoms with van der Waals surface area (Å²) in [6.07, 6.45) is 7.10. The molecule has 1 rings (SSSR count). The summed E-state index contributed by atoms with van der Waals surface area (Å²) in [6, 6.07) is 0.807. The number of aliphatic hydroxyl groups excluding tert-OH is 1. The Morgan fingerprint density at radius 2 is 1.86 bits per heavy atom. The molecule has 4 unspecified atom stereocenters. The maximum atomic E-state index is 9.91. The SMILES string of the molecule is CC(C)C[C@H](O)CCCCCN1[I-]C(C(C)C(C)I)CC1C. The molecule has 4 heteroatoms. The summed E-state index contributed by atoms with van der Waals surface area (Å²) >= 11 is 2.83. The van der Waals surface area contributed by atoms with Crippen molar-refractivity contribution in [3.05, 3.63) is 0 Å². The minimum absolute atomic E-state index is 0.0755. The summed E-state index contributed by atoms with van der Waals surface area (Å²) < 4.78 is 4.61. The van der Waals surface area contributed by atoms with Gasteiger partial charge in [0, 0.05) is 0 Å². The van der Waals surface area contributed by atoms with Crippen molar-refractivity contribution in [3.8, 4) is 0 Å². The van der Waals surface area contributed by atoms with E-state index in [1.165, 1.54) is 32.2 Å². The van der Waals surface area contributed by atoms with Crippen molar-refractivity contribution in [2.24, 2.45) is 11.8 Å². The Morgan fingerprint density at radius 1 is 1.18 bits per heavy atom. The van der Waals surface area contributed by atoms with E-state index in [0.29, 0.717) is 5.92 Å². The third-order valence-electron chi connectivity index (χ3n) is 4.74. The van der Waals surface area contributed by atoms with Crippen LogP contribution in [0.3, 0.4) is 0 Å². The number of nitrogens with zero attached hydrogens (tertiary/aromatic N) is 1. The molecule has 1 saturated heterocycles. The van der Waals surface area contributed by atoms with Crippen molar-refractivity contribution in [1.29, 1.82) is 0 Å². The van der Waals surface area contributed by atoms with Gasteiger partial charge >= 0.3 is 164 Å². The number of hydrogen-bond donors (Lipinski definition) is 1. The molecule has 134 valence electrons. The molecule has 1 aliphatic heterocycles. The van der Waals surface area contributed by atoms with Crippen LogP contribution >= 0.6 is 22.6 Å². The topological polar surface area (TPSA) is 23.5 Å². The van der Waals surface area contributed by atoms with Gasteiger partial charge in [0.15, 0.2) is 0 Å². The molecule has 0 aliphatic carbocycles. The van der Waals surface area contributed by atoms with E-state index in [4.69, 9.17) is 0 Å². The van der Waals surface area contributed by atoms with E-state index in [2.05, 4.69) is 60.3 Å². The molecule has 1 aliphatic rings. The van der Waals surface area contributed by atoms with Crippen LogP contribution in [0.25, 0.3) is 0 Å². The van der Waals surface area contributed by atoms with E-state index in [1.54, 1.807) is 0 Å². The van der Waals surface area contributed by atoms with E-state index >= 15 is 0 Å². The molecule has 0 bridgehead atoms. The molecular weight excluding hydrogens is 500 g/mol. The first-order chi connectivity index (χ1) is 10.3. The van der Waals surface area contributed by atoms with Crippen LogP contribution < -0.4 is 21.5 Å². The number of unbranched alkanes of at least 4 members (excludes halogenated alkanes) is 2. The normalized spacial score (nSPS) is 27.6. The molecule has 22 heavy (non-hydrogen) atoms. The van der Waals surface area contributed by atoms with E-state index in [1.807, 2.05) is 0 Å². The molecule has 1 N–H and O–H groups in total. The van der Waals surface area contributed by atoms with Gasteiger partial charge in [0.25, 0.3) is 0 Å². The molecule has 0 aromatic carbocycles. The third kappa shape index (κ3) is 7.97. The van der Waals surface area contributed by atoms with Gasteiger partial charge in [-0.3, -0.25) is 0 Å². The van der Waals surface area contributed by atoms with E-state index < -0.39 is 0 Å². The maximum absolute atomic E-state index is 9.91. The van der Waals surface area contributed by atoms with Crippen molar-refractivity contribution < 1.29 is 26.6 Å². The Hall–Kier alpha value is 1.38. The second kappa shape index (κ2) is 11.1. The molecule has 0 aromatic heterocycles. The van der Waals surface area contributed by atoms with Crippen molar-refractivity contribution >= 4 is 22.6 Å². The summed E-state index contributed by atoms with van der Waals surface area (Å²) in [6.45, 7) is 12.9. The van der Waals surface area contributed by atoms with Crippen LogP contribution in [0.2, 0.25) is 0 Å². The van der Waals surface area contributed by atoms with E-state index in [0.717, 1.165) is 32.7 Å². The van der Waals surface area contributed by atoms with Gasteiger partial charge in [0.05, 0.1) is 0 Å². The van der Waals surface area contributed by atoms with Crippen LogP contribution in [0.4, 0.5) is 0 Å². The fourth-order valence-corrected chi connectivity index (χ4v) is 8.78. The van der Waals surface area contributed by atoms with Crippen molar-refractivity contribution in [1.82, 2.24) is 3.11 Å². The van der Waals surface area contributed by atoms with Crippen LogP contribution in [-0.2, 0) is 0 Å². The standard InChI is InChI=1S/C18H36I2NO/c1-13(2)11-17(22)9-7-6-8-10-21-14(3)12-18(20-21)15(4)16(5)19/h13-18,22H,6-12H2,1-5H3/q-1/t14?,15?,16?,17-,18?/m1/s1. The van der Waals surface area contributed by atoms with E-state index in [9.17, 15) is 5.11 Å². The second-order valence-electron chi connectivity index (χ2n) is 7.49. The number of alkyl halides is 2. The molecule has 0 amide bonds. The quantitative estimate of drug-likeness (QED) is 0.200. The van der Waals surface area contributed by atoms with Crippen LogP contribution in [0, 0.1) is 11.8 Å². The molecule has 5 atom stereocenters. The fourth-order valence-electron chi connectivity index (χ4n) is 3.08. The van der Waals surface area contributed by atoms with Gasteiger partial charge < -0.3 is 0 Å². The molecule has 0 spiro atoms. The van der Waals surface area contributed by atoms with Gasteiger partial charge in [-0.1, -0.05) is 0 Å². The summed E-state index contributed by atoms with van der Waals surface area (Å²) in [5, 5.41) is 9.91. The van der Waals surface area contributed by atoms with Crippen LogP contribution in [-0.4, -0.2) is 34.8 Å². The van der Waals surface area contributed by atoms with Crippen molar-refractivity contribution in [2.45, 2.75) is 93.1 Å². The molecule has 0 radical (unpaired) electrons. The number of halogens is 2. The Bertz CT molecular complexity index is 299. The van der Waals surface area contributed by atoms with Crippen LogP contribution in [0.15, 0.2) is 0 Å². The predicted molar refractivity (Wildman–Crippen MR) is 101 cm³/mol. The number of rotatable bonds is 10. The van der Waals surface area contributed by atoms with E-state index in [-0.39, 0.29) is 27.6 Å². The molecular formula is C18H36I2NO-. The third-order valence-corrected chi connectivity index (χ3v) is 10.4. The zero-order chi connectivity index (χ0) is 16.7. The number of aliphatic hydroxyl groups is 1. The van der Waals surface area contributed by atoms with Gasteiger partial charge in [-0.2, -0.15) is 0 Å². The summed E-state index contributed by atoms with van der Waals surface area (Å²) in [4.78, 5) is 0. The van der Waals surface area contributed by atoms with Gasteiger partial charge in [-0.25, -0.2) is 0 Å². The number of hydrogen-bond acceptors (Lipinski definition) is 2. The monoisotopic (exact) mass is 536 g/mol. The Balaban J connectivity index is 2.15. The molecule has 2 nitrogen and oxygen atoms in total. The summed E-state index contributed by atoms with van der Waals surface area (Å²) in [5.41, 5.74) is 0. The Morgan fingerprint density at radius 3 is 2.45 bits per heavy atom. The summed E-state index contributed by atoms with van der Waals surface area (Å²) in [5.74, 6) is 1.50. The first-order valence-electron chi connectivity index (χ1n) is 9.03. The Labute approximate surface area is 162 Å². The first-order valence-corrected chi connectivity index (χ1v) is 12.5. The first kappa shape index (κ1) is 21.4. The zero-order valence-corrected chi connectivity index (χ0v) is 19.4. The van der Waals surface area contributed by atoms with Gasteiger partial charge in [0.2, 0.25) is 0 Å². The second-order valence-corrected chi connectivity index (χ2v) is 12.9. The van der Waals surface area contributed by atoms with Crippen molar-refractivity contribution in [2.75, 3.05) is 6.54 Å². The minimum atomic E-state index is -0.0755. The van der Waals surface area contributed by atoms with Crippen LogP contribution in [0.1, 0.15) is 73.1 Å². The zero-order valence-electron chi connectivity index (χ0n) is 15.1. The Kier molecular flexibility index (Phi) is 10.8. The van der Waals surface area contributed by atoms with Gasteiger partial charge in [0.1, 0.15) is 0 Å². The summed E-state index contributed by atoms with van der Waals surface area (Å²) in [7, 11) is 0. The average molecular weight is 536 g/mol. The van der Waals surface area contributed by atoms with Crippen LogP contribution in [0.5, 0.6) is 0 Å². The molecule has 0 saturated carbocycles. The average Bonchev–Trinajstić information content (AvgIpc) is 2.78. The molecule has 1 fully saturated rings. The predicted octanol–water partition coefficient (Wildman–Crippen LogP) is 1.88. The molecule has 0 aromatic rings. The van der Waals surface area contributed by atoms with Crippen molar-refractivity contribution in [3.63, 3.8) is 0 Å². The van der Waals surface area contributed by atoms with Gasteiger partial charge in [-0.05, 0) is 0 Å². The van der Waals surface area contributed by atoms with Gasteiger partial charge in [-0.15, -0.1) is 0 Å².